The SMILES string of the molecule is O=C1[C@H](SC[C@@H](O)c2ccc3occc3c2)[C@@H](c2ccc(O)cc2)N1c1ccc(-c2cccnc2)cc1. The van der Waals surface area contributed by atoms with Crippen LogP contribution in [0.15, 0.2) is 108 Å². The molecule has 1 fully saturated rings. The lowest BCUT2D eigenvalue weighted by molar-refractivity contribution is -0.123. The number of aromatic nitrogens is 1. The molecule has 37 heavy (non-hydrogen) atoms. The van der Waals surface area contributed by atoms with Crippen molar-refractivity contribution < 1.29 is 19.4 Å². The highest BCUT2D eigenvalue weighted by Crippen LogP contribution is 2.46. The van der Waals surface area contributed by atoms with Crippen molar-refractivity contribution in [3.8, 4) is 16.9 Å². The highest BCUT2D eigenvalue weighted by Gasteiger charge is 2.49. The molecule has 7 heteroatoms. The number of carbonyl (C=O) groups is 1. The van der Waals surface area contributed by atoms with Crippen LogP contribution in [-0.2, 0) is 4.79 Å². The lowest BCUT2D eigenvalue weighted by Crippen LogP contribution is -2.57. The zero-order valence-electron chi connectivity index (χ0n) is 19.8. The van der Waals surface area contributed by atoms with Gasteiger partial charge in [-0.05, 0) is 70.8 Å². The Morgan fingerprint density at radius 1 is 0.973 bits per heavy atom. The van der Waals surface area contributed by atoms with Crippen molar-refractivity contribution in [1.82, 2.24) is 4.98 Å². The molecule has 1 amide bonds. The number of furan rings is 1. The molecule has 6 rings (SSSR count). The Kier molecular flexibility index (Phi) is 6.16. The normalized spacial score (nSPS) is 18.1. The number of carbonyl (C=O) groups excluding carboxylic acids is 1. The smallest absolute Gasteiger partial charge is 0.243 e. The quantitative estimate of drug-likeness (QED) is 0.258. The van der Waals surface area contributed by atoms with E-state index in [1.165, 1.54) is 11.8 Å². The Hall–Kier alpha value is -4.07. The number of aliphatic hydroxyl groups excluding tert-OH is 1. The molecule has 1 aliphatic rings. The van der Waals surface area contributed by atoms with Crippen molar-refractivity contribution in [2.45, 2.75) is 17.4 Å². The summed E-state index contributed by atoms with van der Waals surface area (Å²) in [4.78, 5) is 19.4. The monoisotopic (exact) mass is 508 g/mol. The van der Waals surface area contributed by atoms with Gasteiger partial charge in [-0.2, -0.15) is 0 Å². The van der Waals surface area contributed by atoms with Crippen molar-refractivity contribution >= 4 is 34.3 Å². The van der Waals surface area contributed by atoms with E-state index in [2.05, 4.69) is 4.98 Å². The fourth-order valence-corrected chi connectivity index (χ4v) is 6.04. The highest BCUT2D eigenvalue weighted by atomic mass is 32.2. The third-order valence-corrected chi connectivity index (χ3v) is 8.04. The summed E-state index contributed by atoms with van der Waals surface area (Å²) in [5, 5.41) is 21.3. The summed E-state index contributed by atoms with van der Waals surface area (Å²) in [5.74, 6) is 0.549. The van der Waals surface area contributed by atoms with Gasteiger partial charge < -0.3 is 19.5 Å². The first-order valence-electron chi connectivity index (χ1n) is 12.0. The fourth-order valence-electron chi connectivity index (χ4n) is 4.74. The second-order valence-electron chi connectivity index (χ2n) is 9.02. The molecular weight excluding hydrogens is 484 g/mol. The number of fused-ring (bicyclic) bond motifs is 1. The first kappa shape index (κ1) is 23.3. The van der Waals surface area contributed by atoms with Gasteiger partial charge in [0.25, 0.3) is 0 Å². The van der Waals surface area contributed by atoms with Crippen molar-refractivity contribution in [1.29, 1.82) is 0 Å². The predicted octanol–water partition coefficient (Wildman–Crippen LogP) is 6.12. The van der Waals surface area contributed by atoms with E-state index in [9.17, 15) is 15.0 Å². The van der Waals surface area contributed by atoms with Crippen LogP contribution < -0.4 is 4.90 Å². The largest absolute Gasteiger partial charge is 0.508 e. The number of β-lactam (4-membered cyclic amide) rings is 1. The minimum atomic E-state index is -0.717. The van der Waals surface area contributed by atoms with E-state index in [0.717, 1.165) is 38.9 Å². The fraction of sp³-hybridized carbons (Fsp3) is 0.133. The van der Waals surface area contributed by atoms with E-state index in [4.69, 9.17) is 4.42 Å². The summed E-state index contributed by atoms with van der Waals surface area (Å²) < 4.78 is 5.39. The summed E-state index contributed by atoms with van der Waals surface area (Å²) in [6.07, 6.45) is 4.46. The number of hydrogen-bond acceptors (Lipinski definition) is 6. The van der Waals surface area contributed by atoms with Crippen LogP contribution in [0.5, 0.6) is 5.75 Å². The van der Waals surface area contributed by atoms with Crippen LogP contribution >= 0.6 is 11.8 Å². The molecule has 5 aromatic rings. The zero-order valence-corrected chi connectivity index (χ0v) is 20.6. The summed E-state index contributed by atoms with van der Waals surface area (Å²) in [5.41, 5.74) is 5.33. The Balaban J connectivity index is 1.23. The molecule has 1 saturated heterocycles. The maximum Gasteiger partial charge on any atom is 0.243 e. The molecule has 0 radical (unpaired) electrons. The van der Waals surface area contributed by atoms with Crippen LogP contribution in [0.1, 0.15) is 23.3 Å². The van der Waals surface area contributed by atoms with Crippen molar-refractivity contribution in [3.05, 3.63) is 115 Å². The number of phenolic OH excluding ortho intramolecular Hbond substituents is 1. The Labute approximate surface area is 218 Å². The predicted molar refractivity (Wildman–Crippen MR) is 145 cm³/mol. The number of aliphatic hydroxyl groups is 1. The number of hydrogen-bond donors (Lipinski definition) is 2. The van der Waals surface area contributed by atoms with Gasteiger partial charge in [0.05, 0.1) is 18.4 Å². The minimum Gasteiger partial charge on any atom is -0.508 e. The maximum absolute atomic E-state index is 13.4. The molecule has 1 aliphatic heterocycles. The van der Waals surface area contributed by atoms with Crippen LogP contribution in [0, 0.1) is 0 Å². The van der Waals surface area contributed by atoms with Crippen LogP contribution in [0.2, 0.25) is 0 Å². The Morgan fingerprint density at radius 3 is 2.54 bits per heavy atom. The van der Waals surface area contributed by atoms with E-state index in [0.29, 0.717) is 5.75 Å². The summed E-state index contributed by atoms with van der Waals surface area (Å²) in [6.45, 7) is 0. The first-order valence-corrected chi connectivity index (χ1v) is 13.0. The molecule has 0 saturated carbocycles. The molecule has 0 spiro atoms. The van der Waals surface area contributed by atoms with Crippen molar-refractivity contribution in [3.63, 3.8) is 0 Å². The third-order valence-electron chi connectivity index (χ3n) is 6.72. The number of thioether (sulfide) groups is 1. The second-order valence-corrected chi connectivity index (χ2v) is 10.2. The molecule has 6 nitrogen and oxygen atoms in total. The molecule has 2 N–H and O–H groups in total. The van der Waals surface area contributed by atoms with E-state index in [-0.39, 0.29) is 22.9 Å². The topological polar surface area (TPSA) is 86.8 Å². The minimum absolute atomic E-state index is 0.00492. The van der Waals surface area contributed by atoms with E-state index in [1.54, 1.807) is 29.5 Å². The molecule has 2 aromatic heterocycles. The van der Waals surface area contributed by atoms with Crippen molar-refractivity contribution in [2.24, 2.45) is 0 Å². The third kappa shape index (κ3) is 4.48. The number of rotatable bonds is 7. The van der Waals surface area contributed by atoms with Gasteiger partial charge in [-0.15, -0.1) is 11.8 Å². The van der Waals surface area contributed by atoms with Gasteiger partial charge in [0.2, 0.25) is 5.91 Å². The molecular formula is C30H24N2O4S. The van der Waals surface area contributed by atoms with Gasteiger partial charge in [-0.3, -0.25) is 9.78 Å². The number of phenols is 1. The van der Waals surface area contributed by atoms with Crippen LogP contribution in [0.25, 0.3) is 22.1 Å². The van der Waals surface area contributed by atoms with E-state index < -0.39 is 6.10 Å². The standard InChI is InChI=1S/C30H24N2O4S/c33-25-10-5-20(6-11-25)28-29(37-18-26(34)21-7-12-27-22(16-21)13-15-36-27)30(35)32(28)24-8-3-19(4-9-24)23-2-1-14-31-17-23/h1-17,26,28-29,33-34H,18H2/t26-,28-,29-/m1/s1. The Morgan fingerprint density at radius 2 is 1.78 bits per heavy atom. The van der Waals surface area contributed by atoms with Crippen LogP contribution in [0.3, 0.4) is 0 Å². The van der Waals surface area contributed by atoms with Crippen LogP contribution in [-0.4, -0.2) is 32.1 Å². The van der Waals surface area contributed by atoms with Gasteiger partial charge in [0.1, 0.15) is 16.6 Å². The number of pyridine rings is 1. The molecule has 184 valence electrons. The summed E-state index contributed by atoms with van der Waals surface area (Å²) in [7, 11) is 0. The lowest BCUT2D eigenvalue weighted by Gasteiger charge is -2.47. The molecule has 3 heterocycles. The van der Waals surface area contributed by atoms with Gasteiger partial charge in [-0.25, -0.2) is 0 Å². The number of anilines is 1. The zero-order chi connectivity index (χ0) is 25.4. The molecule has 3 atom stereocenters. The van der Waals surface area contributed by atoms with Gasteiger partial charge >= 0.3 is 0 Å². The average Bonchev–Trinajstić information content (AvgIpc) is 3.41. The summed E-state index contributed by atoms with van der Waals surface area (Å²) in [6, 6.07) is 26.0. The van der Waals surface area contributed by atoms with Gasteiger partial charge in [0, 0.05) is 29.2 Å². The van der Waals surface area contributed by atoms with E-state index in [1.807, 2.05) is 79.0 Å². The first-order chi connectivity index (χ1) is 18.1. The number of amides is 1. The second kappa shape index (κ2) is 9.76. The van der Waals surface area contributed by atoms with E-state index >= 15 is 0 Å². The molecule has 0 unspecified atom stereocenters. The van der Waals surface area contributed by atoms with Crippen LogP contribution in [0.4, 0.5) is 5.69 Å². The number of benzene rings is 3. The van der Waals surface area contributed by atoms with Gasteiger partial charge in [0.15, 0.2) is 0 Å². The van der Waals surface area contributed by atoms with Crippen molar-refractivity contribution in [2.75, 3.05) is 10.7 Å². The lowest BCUT2D eigenvalue weighted by atomic mass is 9.92. The highest BCUT2D eigenvalue weighted by molar-refractivity contribution is 8.00. The maximum atomic E-state index is 13.4. The molecule has 3 aromatic carbocycles. The van der Waals surface area contributed by atoms with Gasteiger partial charge in [-0.1, -0.05) is 36.4 Å². The average molecular weight is 509 g/mol. The number of aromatic hydroxyl groups is 1. The molecule has 0 aliphatic carbocycles. The Bertz CT molecular complexity index is 1530. The molecule has 0 bridgehead atoms. The number of nitrogens with zero attached hydrogens (tertiary/aromatic N) is 2. The summed E-state index contributed by atoms with van der Waals surface area (Å²) >= 11 is 1.45.